The van der Waals surface area contributed by atoms with E-state index in [0.717, 1.165) is 33.4 Å². The normalized spacial score (nSPS) is 13.6. The minimum atomic E-state index is -4.10. The van der Waals surface area contributed by atoms with E-state index in [4.69, 9.17) is 19.4 Å². The average molecular weight is 648 g/mol. The maximum atomic E-state index is 13.5. The van der Waals surface area contributed by atoms with E-state index in [2.05, 4.69) is 0 Å². The molecule has 0 saturated carbocycles. The predicted octanol–water partition coefficient (Wildman–Crippen LogP) is 6.27. The molecule has 0 amide bonds. The summed E-state index contributed by atoms with van der Waals surface area (Å²) >= 11 is 0. The lowest BCUT2D eigenvalue weighted by molar-refractivity contribution is -0.154. The van der Waals surface area contributed by atoms with Gasteiger partial charge in [0.05, 0.1) is 0 Å². The van der Waals surface area contributed by atoms with Gasteiger partial charge >= 0.3 is 22.1 Å². The Kier molecular flexibility index (Phi) is 9.19. The summed E-state index contributed by atoms with van der Waals surface area (Å²) in [5.41, 5.74) is 12.7. The highest BCUT2D eigenvalue weighted by Crippen LogP contribution is 2.44. The van der Waals surface area contributed by atoms with Crippen LogP contribution in [0.2, 0.25) is 0 Å². The van der Waals surface area contributed by atoms with Crippen molar-refractivity contribution in [2.24, 2.45) is 5.73 Å². The first-order valence-corrected chi connectivity index (χ1v) is 16.5. The molecule has 238 valence electrons. The van der Waals surface area contributed by atoms with Crippen LogP contribution in [-0.2, 0) is 35.8 Å². The largest absolute Gasteiger partial charge is 0.463 e. The van der Waals surface area contributed by atoms with Gasteiger partial charge in [-0.15, -0.1) is 0 Å². The summed E-state index contributed by atoms with van der Waals surface area (Å²) in [5.74, 6) is -2.89. The lowest BCUT2D eigenvalue weighted by atomic mass is 9.91. The second-order valence-corrected chi connectivity index (χ2v) is 12.9. The molecule has 0 radical (unpaired) electrons. The van der Waals surface area contributed by atoms with Crippen molar-refractivity contribution < 1.29 is 31.7 Å². The Morgan fingerprint density at radius 2 is 1.28 bits per heavy atom. The Morgan fingerprint density at radius 3 is 1.89 bits per heavy atom. The number of fused-ring (bicyclic) bond motifs is 3. The summed E-state index contributed by atoms with van der Waals surface area (Å²) < 4.78 is 42.4. The predicted molar refractivity (Wildman–Crippen MR) is 177 cm³/mol. The SMILES string of the molecule is Cc1ccc(S(=O)(=O)Oc2ccc(C(C(=O)OCc3ccccc3)C(N)C(=O)OCC3c4ccccc4-c4ccccc43)cc2)cc1. The van der Waals surface area contributed by atoms with Crippen molar-refractivity contribution >= 4 is 22.1 Å². The highest BCUT2D eigenvalue weighted by molar-refractivity contribution is 7.87. The van der Waals surface area contributed by atoms with E-state index >= 15 is 0 Å². The molecule has 2 unspecified atom stereocenters. The summed E-state index contributed by atoms with van der Waals surface area (Å²) in [6.45, 7) is 1.87. The quantitative estimate of drug-likeness (QED) is 0.132. The molecule has 9 heteroatoms. The number of ether oxygens (including phenoxy) is 2. The van der Waals surface area contributed by atoms with Crippen LogP contribution in [0.5, 0.6) is 5.75 Å². The van der Waals surface area contributed by atoms with Crippen molar-refractivity contribution in [1.82, 2.24) is 0 Å². The van der Waals surface area contributed by atoms with E-state index in [1.807, 2.05) is 85.8 Å². The lowest BCUT2D eigenvalue weighted by Crippen LogP contribution is -2.42. The number of hydrogen-bond donors (Lipinski definition) is 1. The van der Waals surface area contributed by atoms with Gasteiger partial charge in [-0.3, -0.25) is 9.59 Å². The Morgan fingerprint density at radius 1 is 0.702 bits per heavy atom. The van der Waals surface area contributed by atoms with Crippen molar-refractivity contribution in [3.63, 3.8) is 0 Å². The number of aryl methyl sites for hydroxylation is 1. The highest BCUT2D eigenvalue weighted by atomic mass is 32.2. The zero-order valence-electron chi connectivity index (χ0n) is 25.6. The van der Waals surface area contributed by atoms with Crippen molar-refractivity contribution in [3.05, 3.63) is 155 Å². The molecule has 0 aromatic heterocycles. The smallest absolute Gasteiger partial charge is 0.339 e. The van der Waals surface area contributed by atoms with Crippen LogP contribution < -0.4 is 9.92 Å². The summed E-state index contributed by atoms with van der Waals surface area (Å²) in [6, 6.07) is 35.7. The third kappa shape index (κ3) is 6.96. The number of rotatable bonds is 11. The van der Waals surface area contributed by atoms with Crippen molar-refractivity contribution in [1.29, 1.82) is 0 Å². The molecule has 1 aliphatic rings. The molecule has 5 aromatic rings. The molecule has 0 aliphatic heterocycles. The molecule has 1 aliphatic carbocycles. The van der Waals surface area contributed by atoms with Gasteiger partial charge < -0.3 is 19.4 Å². The van der Waals surface area contributed by atoms with Crippen molar-refractivity contribution in [2.75, 3.05) is 6.61 Å². The first kappa shape index (κ1) is 31.7. The zero-order chi connectivity index (χ0) is 33.0. The van der Waals surface area contributed by atoms with Crippen LogP contribution in [0.1, 0.15) is 39.7 Å². The van der Waals surface area contributed by atoms with Gasteiger partial charge in [0.2, 0.25) is 0 Å². The van der Waals surface area contributed by atoms with E-state index in [9.17, 15) is 18.0 Å². The van der Waals surface area contributed by atoms with Crippen molar-refractivity contribution in [2.45, 2.75) is 36.3 Å². The Labute approximate surface area is 273 Å². The zero-order valence-corrected chi connectivity index (χ0v) is 26.4. The molecule has 47 heavy (non-hydrogen) atoms. The van der Waals surface area contributed by atoms with E-state index in [-0.39, 0.29) is 29.8 Å². The van der Waals surface area contributed by atoms with Gasteiger partial charge in [-0.2, -0.15) is 8.42 Å². The molecule has 6 rings (SSSR count). The Hall–Kier alpha value is -5.25. The van der Waals surface area contributed by atoms with Gasteiger partial charge in [0.25, 0.3) is 0 Å². The monoisotopic (exact) mass is 647 g/mol. The number of carbonyl (C=O) groups is 2. The number of carbonyl (C=O) groups excluding carboxylic acids is 2. The van der Waals surface area contributed by atoms with Crippen LogP contribution in [0, 0.1) is 6.92 Å². The maximum Gasteiger partial charge on any atom is 0.339 e. The molecule has 0 saturated heterocycles. The first-order chi connectivity index (χ1) is 22.7. The second-order valence-electron chi connectivity index (χ2n) is 11.4. The van der Waals surface area contributed by atoms with Gasteiger partial charge in [-0.05, 0) is 64.6 Å². The third-order valence-electron chi connectivity index (χ3n) is 8.22. The number of hydrogen-bond acceptors (Lipinski definition) is 8. The van der Waals surface area contributed by atoms with Crippen molar-refractivity contribution in [3.8, 4) is 16.9 Å². The van der Waals surface area contributed by atoms with E-state index in [1.54, 1.807) is 12.1 Å². The number of benzene rings is 5. The second kappa shape index (κ2) is 13.6. The molecule has 0 fully saturated rings. The van der Waals surface area contributed by atoms with Gasteiger partial charge in [0, 0.05) is 5.92 Å². The molecule has 0 spiro atoms. The summed E-state index contributed by atoms with van der Waals surface area (Å²) in [5, 5.41) is 0. The molecule has 0 heterocycles. The van der Waals surface area contributed by atoms with Crippen LogP contribution in [0.15, 0.2) is 132 Å². The highest BCUT2D eigenvalue weighted by Gasteiger charge is 2.36. The molecule has 8 nitrogen and oxygen atoms in total. The van der Waals surface area contributed by atoms with Crippen LogP contribution in [0.3, 0.4) is 0 Å². The van der Waals surface area contributed by atoms with Crippen LogP contribution >= 0.6 is 0 Å². The summed E-state index contributed by atoms with van der Waals surface area (Å²) in [7, 11) is -4.10. The Balaban J connectivity index is 1.21. The first-order valence-electron chi connectivity index (χ1n) is 15.1. The fraction of sp³-hybridized carbons (Fsp3) is 0.158. The third-order valence-corrected chi connectivity index (χ3v) is 9.48. The Bertz CT molecular complexity index is 1950. The van der Waals surface area contributed by atoms with Crippen LogP contribution in [-0.4, -0.2) is 33.0 Å². The minimum absolute atomic E-state index is 0.00631. The molecule has 2 N–H and O–H groups in total. The van der Waals surface area contributed by atoms with E-state index in [0.29, 0.717) is 5.56 Å². The van der Waals surface area contributed by atoms with Gasteiger partial charge in [-0.25, -0.2) is 0 Å². The fourth-order valence-corrected chi connectivity index (χ4v) is 6.69. The molecular weight excluding hydrogens is 614 g/mol. The summed E-state index contributed by atoms with van der Waals surface area (Å²) in [4.78, 5) is 27.0. The topological polar surface area (TPSA) is 122 Å². The van der Waals surface area contributed by atoms with Crippen LogP contribution in [0.4, 0.5) is 0 Å². The fourth-order valence-electron chi connectivity index (χ4n) is 5.76. The lowest BCUT2D eigenvalue weighted by Gasteiger charge is -2.23. The average Bonchev–Trinajstić information content (AvgIpc) is 3.41. The number of esters is 2. The van der Waals surface area contributed by atoms with Gasteiger partial charge in [0.1, 0.15) is 35.8 Å². The standard InChI is InChI=1S/C38H33NO7S/c1-25-15-21-29(22-16-25)47(42,43)46-28-19-17-27(18-20-28)35(37(40)44-23-26-9-3-2-4-10-26)36(39)38(41)45-24-34-32-13-7-5-11-30(32)31-12-6-8-14-33(31)34/h2-22,34-36H,23-24,39H2,1H3. The molecular formula is C38H33NO7S. The molecule has 5 aromatic carbocycles. The van der Waals surface area contributed by atoms with Gasteiger partial charge in [-0.1, -0.05) is 109 Å². The minimum Gasteiger partial charge on any atom is -0.463 e. The van der Waals surface area contributed by atoms with Crippen LogP contribution in [0.25, 0.3) is 11.1 Å². The maximum absolute atomic E-state index is 13.5. The van der Waals surface area contributed by atoms with E-state index in [1.165, 1.54) is 36.4 Å². The molecule has 2 atom stereocenters. The summed E-state index contributed by atoms with van der Waals surface area (Å²) in [6.07, 6.45) is 0. The van der Waals surface area contributed by atoms with Gasteiger partial charge in [0.15, 0.2) is 0 Å². The molecule has 0 bridgehead atoms. The number of nitrogens with two attached hydrogens (primary N) is 1. The van der Waals surface area contributed by atoms with E-state index < -0.39 is 34.0 Å².